The molecule has 1 rings (SSSR count). The van der Waals surface area contributed by atoms with Crippen molar-refractivity contribution < 1.29 is 8.42 Å². The van der Waals surface area contributed by atoms with Gasteiger partial charge in [0, 0.05) is 32.1 Å². The molecule has 0 aromatic carbocycles. The molecule has 0 bridgehead atoms. The number of sulfonamides is 1. The number of hydrogen-bond acceptors (Lipinski definition) is 3. The zero-order chi connectivity index (χ0) is 13.8. The molecule has 0 saturated carbocycles. The van der Waals surface area contributed by atoms with Gasteiger partial charge in [-0.3, -0.25) is 4.99 Å². The molecular formula is C11H24N4O2S. The van der Waals surface area contributed by atoms with Gasteiger partial charge < -0.3 is 11.1 Å². The fourth-order valence-corrected chi connectivity index (χ4v) is 2.89. The van der Waals surface area contributed by atoms with Gasteiger partial charge in [-0.25, -0.2) is 12.7 Å². The Hall–Kier alpha value is -0.820. The lowest BCUT2D eigenvalue weighted by atomic mass is 10.0. The van der Waals surface area contributed by atoms with Gasteiger partial charge in [-0.2, -0.15) is 0 Å². The van der Waals surface area contributed by atoms with Gasteiger partial charge in [0.05, 0.1) is 5.75 Å². The number of hydrogen-bond donors (Lipinski definition) is 2. The van der Waals surface area contributed by atoms with Crippen molar-refractivity contribution in [3.63, 3.8) is 0 Å². The summed E-state index contributed by atoms with van der Waals surface area (Å²) < 4.78 is 24.5. The van der Waals surface area contributed by atoms with Crippen LogP contribution >= 0.6 is 0 Å². The van der Waals surface area contributed by atoms with E-state index in [4.69, 9.17) is 5.73 Å². The molecule has 0 aromatic rings. The van der Waals surface area contributed by atoms with Gasteiger partial charge in [0.15, 0.2) is 5.96 Å². The van der Waals surface area contributed by atoms with E-state index in [1.807, 2.05) is 0 Å². The highest BCUT2D eigenvalue weighted by molar-refractivity contribution is 7.89. The third-order valence-corrected chi connectivity index (χ3v) is 4.70. The first-order chi connectivity index (χ1) is 8.35. The molecule has 0 spiro atoms. The summed E-state index contributed by atoms with van der Waals surface area (Å²) in [5.74, 6) is 1.43. The molecule has 1 heterocycles. The molecule has 18 heavy (non-hydrogen) atoms. The molecule has 106 valence electrons. The molecule has 0 aromatic heterocycles. The summed E-state index contributed by atoms with van der Waals surface area (Å²) in [4.78, 5) is 4.19. The average molecular weight is 276 g/mol. The number of nitrogens with two attached hydrogens (primary N) is 1. The third-order valence-electron chi connectivity index (χ3n) is 2.88. The highest BCUT2D eigenvalue weighted by Gasteiger charge is 2.34. The van der Waals surface area contributed by atoms with E-state index in [0.717, 1.165) is 0 Å². The molecule has 3 N–H and O–H groups in total. The quantitative estimate of drug-likeness (QED) is 0.521. The zero-order valence-corrected chi connectivity index (χ0v) is 12.2. The van der Waals surface area contributed by atoms with Crippen molar-refractivity contribution in [2.24, 2.45) is 22.6 Å². The van der Waals surface area contributed by atoms with E-state index < -0.39 is 10.0 Å². The Bertz CT molecular complexity index is 386. The maximum atomic E-state index is 11.5. The van der Waals surface area contributed by atoms with Crippen LogP contribution in [0.3, 0.4) is 0 Å². The molecule has 1 aliphatic heterocycles. The van der Waals surface area contributed by atoms with Gasteiger partial charge in [0.25, 0.3) is 0 Å². The van der Waals surface area contributed by atoms with Crippen molar-refractivity contribution >= 4 is 16.0 Å². The topological polar surface area (TPSA) is 87.8 Å². The van der Waals surface area contributed by atoms with Gasteiger partial charge in [0.1, 0.15) is 0 Å². The predicted octanol–water partition coefficient (Wildman–Crippen LogP) is -0.172. The molecule has 0 radical (unpaired) electrons. The van der Waals surface area contributed by atoms with Crippen LogP contribution in [0.4, 0.5) is 0 Å². The highest BCUT2D eigenvalue weighted by Crippen LogP contribution is 2.18. The lowest BCUT2D eigenvalue weighted by molar-refractivity contribution is 0.202. The second-order valence-corrected chi connectivity index (χ2v) is 7.34. The van der Waals surface area contributed by atoms with Crippen LogP contribution in [0.15, 0.2) is 4.99 Å². The summed E-state index contributed by atoms with van der Waals surface area (Å²) in [6.07, 6.45) is 0. The van der Waals surface area contributed by atoms with Crippen LogP contribution in [-0.2, 0) is 10.0 Å². The molecule has 1 aliphatic rings. The zero-order valence-electron chi connectivity index (χ0n) is 11.4. The van der Waals surface area contributed by atoms with Crippen LogP contribution in [0.2, 0.25) is 0 Å². The lowest BCUT2D eigenvalue weighted by Crippen LogP contribution is -2.54. The molecule has 0 amide bonds. The van der Waals surface area contributed by atoms with E-state index >= 15 is 0 Å². The Labute approximate surface area is 110 Å². The SMILES string of the molecule is CCS(=O)(=O)N1CC(CNC(N)=NCC(C)C)C1. The van der Waals surface area contributed by atoms with Crippen molar-refractivity contribution in [3.05, 3.63) is 0 Å². The third kappa shape index (κ3) is 4.45. The largest absolute Gasteiger partial charge is 0.370 e. The molecule has 1 fully saturated rings. The van der Waals surface area contributed by atoms with E-state index in [9.17, 15) is 8.42 Å². The second kappa shape index (κ2) is 6.38. The number of guanidine groups is 1. The first kappa shape index (κ1) is 15.2. The molecule has 0 unspecified atom stereocenters. The maximum absolute atomic E-state index is 11.5. The Kier molecular flexibility index (Phi) is 5.40. The molecule has 7 heteroatoms. The van der Waals surface area contributed by atoms with E-state index in [0.29, 0.717) is 44.0 Å². The first-order valence-corrected chi connectivity index (χ1v) is 7.97. The van der Waals surface area contributed by atoms with Crippen LogP contribution in [-0.4, -0.2) is 50.6 Å². The summed E-state index contributed by atoms with van der Waals surface area (Å²) >= 11 is 0. The minimum absolute atomic E-state index is 0.172. The lowest BCUT2D eigenvalue weighted by Gasteiger charge is -2.37. The van der Waals surface area contributed by atoms with Crippen molar-refractivity contribution in [3.8, 4) is 0 Å². The van der Waals surface area contributed by atoms with Crippen molar-refractivity contribution in [1.29, 1.82) is 0 Å². The van der Waals surface area contributed by atoms with E-state index in [1.54, 1.807) is 6.92 Å². The number of nitrogens with zero attached hydrogens (tertiary/aromatic N) is 2. The van der Waals surface area contributed by atoms with Gasteiger partial charge in [-0.05, 0) is 12.8 Å². The van der Waals surface area contributed by atoms with E-state index in [-0.39, 0.29) is 5.75 Å². The molecule has 0 aliphatic carbocycles. The van der Waals surface area contributed by atoms with Gasteiger partial charge in [-0.15, -0.1) is 0 Å². The van der Waals surface area contributed by atoms with Crippen molar-refractivity contribution in [2.45, 2.75) is 20.8 Å². The molecule has 6 nitrogen and oxygen atoms in total. The molecule has 0 atom stereocenters. The number of rotatable bonds is 6. The molecular weight excluding hydrogens is 252 g/mol. The standard InChI is InChI=1S/C11H24N4O2S/c1-4-18(16,17)15-7-10(8-15)6-14-11(12)13-5-9(2)3/h9-10H,4-8H2,1-3H3,(H3,12,13,14). The predicted molar refractivity (Wildman–Crippen MR) is 73.9 cm³/mol. The number of aliphatic imine (C=N–C) groups is 1. The summed E-state index contributed by atoms with van der Waals surface area (Å²) in [7, 11) is -3.01. The average Bonchev–Trinajstić information content (AvgIpc) is 2.23. The highest BCUT2D eigenvalue weighted by atomic mass is 32.2. The van der Waals surface area contributed by atoms with Crippen LogP contribution in [0, 0.1) is 11.8 Å². The van der Waals surface area contributed by atoms with Gasteiger partial charge in [-0.1, -0.05) is 13.8 Å². The van der Waals surface area contributed by atoms with E-state index in [1.165, 1.54) is 4.31 Å². The summed E-state index contributed by atoms with van der Waals surface area (Å²) in [5.41, 5.74) is 5.70. The molecule has 1 saturated heterocycles. The van der Waals surface area contributed by atoms with Crippen molar-refractivity contribution in [2.75, 3.05) is 31.9 Å². The number of nitrogens with one attached hydrogen (secondary N) is 1. The van der Waals surface area contributed by atoms with Crippen LogP contribution in [0.25, 0.3) is 0 Å². The normalized spacial score (nSPS) is 19.0. The minimum atomic E-state index is -3.01. The smallest absolute Gasteiger partial charge is 0.213 e. The monoisotopic (exact) mass is 276 g/mol. The van der Waals surface area contributed by atoms with E-state index in [2.05, 4.69) is 24.2 Å². The summed E-state index contributed by atoms with van der Waals surface area (Å²) in [6.45, 7) is 8.38. The maximum Gasteiger partial charge on any atom is 0.213 e. The summed E-state index contributed by atoms with van der Waals surface area (Å²) in [6, 6.07) is 0. The van der Waals surface area contributed by atoms with Crippen LogP contribution in [0.5, 0.6) is 0 Å². The van der Waals surface area contributed by atoms with Crippen LogP contribution in [0.1, 0.15) is 20.8 Å². The minimum Gasteiger partial charge on any atom is -0.370 e. The Morgan fingerprint density at radius 3 is 2.61 bits per heavy atom. The van der Waals surface area contributed by atoms with Gasteiger partial charge in [0.2, 0.25) is 10.0 Å². The first-order valence-electron chi connectivity index (χ1n) is 6.36. The Morgan fingerprint density at radius 2 is 2.11 bits per heavy atom. The summed E-state index contributed by atoms with van der Waals surface area (Å²) in [5, 5.41) is 3.04. The van der Waals surface area contributed by atoms with Gasteiger partial charge >= 0.3 is 0 Å². The fraction of sp³-hybridized carbons (Fsp3) is 0.909. The van der Waals surface area contributed by atoms with Crippen molar-refractivity contribution in [1.82, 2.24) is 9.62 Å². The van der Waals surface area contributed by atoms with Crippen LogP contribution < -0.4 is 11.1 Å². The Morgan fingerprint density at radius 1 is 1.50 bits per heavy atom. The second-order valence-electron chi connectivity index (χ2n) is 5.08. The Balaban J connectivity index is 2.23. The fourth-order valence-electron chi connectivity index (χ4n) is 1.65.